The number of aromatic nitrogens is 2. The fourth-order valence-corrected chi connectivity index (χ4v) is 4.48. The van der Waals surface area contributed by atoms with Crippen LogP contribution in [-0.4, -0.2) is 24.9 Å². The number of thioether (sulfide) groups is 1. The first-order valence-corrected chi connectivity index (χ1v) is 9.92. The minimum Gasteiger partial charge on any atom is -0.219 e. The van der Waals surface area contributed by atoms with Crippen molar-refractivity contribution >= 4 is 32.9 Å². The van der Waals surface area contributed by atoms with Crippen molar-refractivity contribution in [2.24, 2.45) is 0 Å². The van der Waals surface area contributed by atoms with Crippen LogP contribution in [0.5, 0.6) is 0 Å². The predicted molar refractivity (Wildman–Crippen MR) is 89.0 cm³/mol. The fourth-order valence-electron chi connectivity index (χ4n) is 1.92. The van der Waals surface area contributed by atoms with Gasteiger partial charge in [0.1, 0.15) is 5.01 Å². The Morgan fingerprint density at radius 3 is 2.14 bits per heavy atom. The molecule has 3 aromatic rings. The molecule has 0 aliphatic rings. The van der Waals surface area contributed by atoms with Gasteiger partial charge in [-0.2, -0.15) is 0 Å². The molecular formula is C15H12N2O2S3. The summed E-state index contributed by atoms with van der Waals surface area (Å²) in [6.45, 7) is 0. The molecule has 0 fully saturated rings. The minimum atomic E-state index is -3.47. The predicted octanol–water partition coefficient (Wildman–Crippen LogP) is 3.76. The smallest absolute Gasteiger partial charge is 0.206 e. The van der Waals surface area contributed by atoms with Crippen LogP contribution < -0.4 is 0 Å². The second kappa shape index (κ2) is 6.20. The van der Waals surface area contributed by atoms with Crippen LogP contribution in [-0.2, 0) is 9.84 Å². The summed E-state index contributed by atoms with van der Waals surface area (Å²) in [6.07, 6.45) is 1.94. The third-order valence-corrected chi connectivity index (χ3v) is 6.78. The number of sulfone groups is 1. The van der Waals surface area contributed by atoms with E-state index in [1.54, 1.807) is 54.6 Å². The maximum atomic E-state index is 12.5. The van der Waals surface area contributed by atoms with E-state index in [2.05, 4.69) is 10.2 Å². The van der Waals surface area contributed by atoms with Crippen LogP contribution in [0.4, 0.5) is 0 Å². The highest BCUT2D eigenvalue weighted by molar-refractivity contribution is 8.00. The van der Waals surface area contributed by atoms with E-state index in [-0.39, 0.29) is 4.90 Å². The second-order valence-electron chi connectivity index (χ2n) is 4.42. The maximum absolute atomic E-state index is 12.5. The van der Waals surface area contributed by atoms with Gasteiger partial charge in [0.2, 0.25) is 9.84 Å². The van der Waals surface area contributed by atoms with E-state index < -0.39 is 9.84 Å². The van der Waals surface area contributed by atoms with E-state index >= 15 is 0 Å². The third-order valence-electron chi connectivity index (χ3n) is 3.05. The maximum Gasteiger partial charge on any atom is 0.206 e. The van der Waals surface area contributed by atoms with E-state index in [1.807, 2.05) is 6.26 Å². The highest BCUT2D eigenvalue weighted by Gasteiger charge is 2.17. The summed E-state index contributed by atoms with van der Waals surface area (Å²) in [5.74, 6) is 0. The van der Waals surface area contributed by atoms with Crippen LogP contribution >= 0.6 is 23.1 Å². The van der Waals surface area contributed by atoms with Crippen LogP contribution in [0.2, 0.25) is 0 Å². The van der Waals surface area contributed by atoms with E-state index in [4.69, 9.17) is 0 Å². The summed E-state index contributed by atoms with van der Waals surface area (Å²) < 4.78 is 25.9. The van der Waals surface area contributed by atoms with E-state index in [0.29, 0.717) is 4.90 Å². The van der Waals surface area contributed by atoms with Gasteiger partial charge in [0.15, 0.2) is 4.34 Å². The van der Waals surface area contributed by atoms with Crippen LogP contribution in [0.25, 0.3) is 10.6 Å². The molecule has 3 rings (SSSR count). The first-order valence-electron chi connectivity index (χ1n) is 6.39. The van der Waals surface area contributed by atoms with Crippen molar-refractivity contribution < 1.29 is 8.42 Å². The summed E-state index contributed by atoms with van der Waals surface area (Å²) in [7, 11) is -3.47. The minimum absolute atomic E-state index is 0.275. The molecule has 4 nitrogen and oxygen atoms in total. The molecule has 0 saturated heterocycles. The van der Waals surface area contributed by atoms with Gasteiger partial charge < -0.3 is 0 Å². The Bertz CT molecular complexity index is 873. The Kier molecular flexibility index (Phi) is 4.28. The Labute approximate surface area is 137 Å². The van der Waals surface area contributed by atoms with Gasteiger partial charge in [-0.3, -0.25) is 0 Å². The molecule has 0 radical (unpaired) electrons. The van der Waals surface area contributed by atoms with Crippen LogP contribution in [0.1, 0.15) is 0 Å². The Morgan fingerprint density at radius 1 is 0.909 bits per heavy atom. The largest absolute Gasteiger partial charge is 0.219 e. The Balaban J connectivity index is 1.94. The molecule has 2 aromatic carbocycles. The molecule has 0 N–H and O–H groups in total. The fraction of sp³-hybridized carbons (Fsp3) is 0.0667. The molecule has 0 atom stereocenters. The average Bonchev–Trinajstić information content (AvgIpc) is 3.05. The lowest BCUT2D eigenvalue weighted by Crippen LogP contribution is -2.01. The van der Waals surface area contributed by atoms with Gasteiger partial charge >= 0.3 is 0 Å². The average molecular weight is 348 g/mol. The highest BCUT2D eigenvalue weighted by atomic mass is 32.2. The zero-order chi connectivity index (χ0) is 15.6. The van der Waals surface area contributed by atoms with Crippen LogP contribution in [0.3, 0.4) is 0 Å². The van der Waals surface area contributed by atoms with Gasteiger partial charge in [-0.1, -0.05) is 53.4 Å². The molecule has 0 spiro atoms. The van der Waals surface area contributed by atoms with Crippen molar-refractivity contribution in [1.29, 1.82) is 0 Å². The second-order valence-corrected chi connectivity index (χ2v) is 8.40. The number of hydrogen-bond acceptors (Lipinski definition) is 6. The molecular weight excluding hydrogens is 336 g/mol. The van der Waals surface area contributed by atoms with Gasteiger partial charge in [0, 0.05) is 5.56 Å². The standard InChI is InChI=1S/C15H12N2O2S3/c1-20-15-17-16-14(21-15)11-7-9-13(10-8-11)22(18,19)12-5-3-2-4-6-12/h2-10H,1H3. The van der Waals surface area contributed by atoms with E-state index in [9.17, 15) is 8.42 Å². The molecule has 0 unspecified atom stereocenters. The summed E-state index contributed by atoms with van der Waals surface area (Å²) in [5, 5.41) is 8.93. The SMILES string of the molecule is CSc1nnc(-c2ccc(S(=O)(=O)c3ccccc3)cc2)s1. The lowest BCUT2D eigenvalue weighted by molar-refractivity contribution is 0.596. The van der Waals surface area contributed by atoms with Crippen molar-refractivity contribution in [3.05, 3.63) is 54.6 Å². The molecule has 0 saturated carbocycles. The van der Waals surface area contributed by atoms with Crippen LogP contribution in [0.15, 0.2) is 68.7 Å². The lowest BCUT2D eigenvalue weighted by atomic mass is 10.2. The van der Waals surface area contributed by atoms with Gasteiger partial charge in [-0.25, -0.2) is 8.42 Å². The summed E-state index contributed by atoms with van der Waals surface area (Å²) in [4.78, 5) is 0.570. The van der Waals surface area contributed by atoms with Gasteiger partial charge in [-0.15, -0.1) is 10.2 Å². The summed E-state index contributed by atoms with van der Waals surface area (Å²) in [5.41, 5.74) is 0.866. The summed E-state index contributed by atoms with van der Waals surface area (Å²) in [6, 6.07) is 15.2. The quantitative estimate of drug-likeness (QED) is 0.672. The normalized spacial score (nSPS) is 11.5. The molecule has 22 heavy (non-hydrogen) atoms. The van der Waals surface area contributed by atoms with Crippen molar-refractivity contribution in [3.8, 4) is 10.6 Å². The van der Waals surface area contributed by atoms with Gasteiger partial charge in [0.25, 0.3) is 0 Å². The number of nitrogens with zero attached hydrogens (tertiary/aromatic N) is 2. The van der Waals surface area contributed by atoms with E-state index in [1.165, 1.54) is 23.1 Å². The Morgan fingerprint density at radius 2 is 1.55 bits per heavy atom. The van der Waals surface area contributed by atoms with Crippen molar-refractivity contribution in [2.75, 3.05) is 6.26 Å². The molecule has 0 bridgehead atoms. The summed E-state index contributed by atoms with van der Waals surface area (Å²) >= 11 is 3.03. The third kappa shape index (κ3) is 2.92. The van der Waals surface area contributed by atoms with Gasteiger partial charge in [-0.05, 0) is 30.5 Å². The molecule has 7 heteroatoms. The molecule has 0 aliphatic heterocycles. The topological polar surface area (TPSA) is 59.9 Å². The first kappa shape index (κ1) is 15.2. The van der Waals surface area contributed by atoms with Crippen molar-refractivity contribution in [1.82, 2.24) is 10.2 Å². The molecule has 1 aromatic heterocycles. The zero-order valence-corrected chi connectivity index (χ0v) is 14.1. The molecule has 112 valence electrons. The van der Waals surface area contributed by atoms with Crippen molar-refractivity contribution in [3.63, 3.8) is 0 Å². The highest BCUT2D eigenvalue weighted by Crippen LogP contribution is 2.29. The van der Waals surface area contributed by atoms with E-state index in [0.717, 1.165) is 14.9 Å². The number of hydrogen-bond donors (Lipinski definition) is 0. The van der Waals surface area contributed by atoms with Gasteiger partial charge in [0.05, 0.1) is 9.79 Å². The Hall–Kier alpha value is -1.70. The first-order chi connectivity index (χ1) is 10.6. The lowest BCUT2D eigenvalue weighted by Gasteiger charge is -2.05. The zero-order valence-electron chi connectivity index (χ0n) is 11.6. The monoisotopic (exact) mass is 348 g/mol. The van der Waals surface area contributed by atoms with Crippen LogP contribution in [0, 0.1) is 0 Å². The number of rotatable bonds is 4. The molecule has 0 amide bonds. The molecule has 1 heterocycles. The number of benzene rings is 2. The molecule has 0 aliphatic carbocycles. The van der Waals surface area contributed by atoms with Crippen molar-refractivity contribution in [2.45, 2.75) is 14.1 Å².